The highest BCUT2D eigenvalue weighted by Gasteiger charge is 2.81. The summed E-state index contributed by atoms with van der Waals surface area (Å²) in [5, 5.41) is 11.6. The van der Waals surface area contributed by atoms with Gasteiger partial charge in [0.15, 0.2) is 19.3 Å². The van der Waals surface area contributed by atoms with Crippen molar-refractivity contribution < 1.29 is 28.4 Å². The molecule has 9 atom stereocenters. The van der Waals surface area contributed by atoms with Gasteiger partial charge in [0.05, 0.1) is 6.10 Å². The van der Waals surface area contributed by atoms with Crippen molar-refractivity contribution in [1.29, 1.82) is 0 Å². The number of hydrogen-bond acceptors (Lipinski definition) is 5. The number of alkyl halides is 1. The summed E-state index contributed by atoms with van der Waals surface area (Å²) in [6, 6.07) is 0. The summed E-state index contributed by atoms with van der Waals surface area (Å²) in [6.07, 6.45) is 7.41. The predicted molar refractivity (Wildman–Crippen MR) is 111 cm³/mol. The molecule has 2 heterocycles. The monoisotopic (exact) mass is 432 g/mol. The van der Waals surface area contributed by atoms with Crippen molar-refractivity contribution >= 4 is 0 Å². The van der Waals surface area contributed by atoms with Crippen molar-refractivity contribution in [3.8, 4) is 0 Å². The second kappa shape index (κ2) is 6.09. The van der Waals surface area contributed by atoms with E-state index in [4.69, 9.17) is 18.9 Å². The highest BCUT2D eigenvalue weighted by molar-refractivity contribution is 5.47. The smallest absolute Gasteiger partial charge is 0.227 e. The molecule has 6 heteroatoms. The molecule has 5 fully saturated rings. The largest absolute Gasteiger partial charge is 0.390 e. The maximum Gasteiger partial charge on any atom is 0.227 e. The number of rotatable bonds is 0. The first-order valence-electron chi connectivity index (χ1n) is 11.6. The van der Waals surface area contributed by atoms with E-state index in [1.807, 2.05) is 25.2 Å². The molecule has 6 aliphatic rings. The summed E-state index contributed by atoms with van der Waals surface area (Å²) in [6.45, 7) is 10.9. The zero-order valence-corrected chi connectivity index (χ0v) is 18.7. The number of allylic oxidation sites excluding steroid dienone is 5. The third-order valence-corrected chi connectivity index (χ3v) is 10.1. The summed E-state index contributed by atoms with van der Waals surface area (Å²) < 4.78 is 41.5. The van der Waals surface area contributed by atoms with Crippen molar-refractivity contribution in [2.24, 2.45) is 28.6 Å². The van der Waals surface area contributed by atoms with Gasteiger partial charge in [0.2, 0.25) is 5.79 Å². The lowest BCUT2D eigenvalue weighted by Crippen LogP contribution is -2.71. The molecule has 0 amide bonds. The highest BCUT2D eigenvalue weighted by Crippen LogP contribution is 2.74. The van der Waals surface area contributed by atoms with Gasteiger partial charge in [-0.05, 0) is 50.0 Å². The van der Waals surface area contributed by atoms with Crippen molar-refractivity contribution in [3.63, 3.8) is 0 Å². The van der Waals surface area contributed by atoms with Crippen LogP contribution >= 0.6 is 0 Å². The fourth-order valence-corrected chi connectivity index (χ4v) is 8.81. The summed E-state index contributed by atoms with van der Waals surface area (Å²) >= 11 is 0. The van der Waals surface area contributed by atoms with Crippen LogP contribution in [0.5, 0.6) is 0 Å². The van der Waals surface area contributed by atoms with Gasteiger partial charge < -0.3 is 24.1 Å². The Balaban J connectivity index is 1.48. The third kappa shape index (κ3) is 2.06. The van der Waals surface area contributed by atoms with Crippen LogP contribution in [0.15, 0.2) is 36.0 Å². The number of aliphatic hydroxyl groups excluding tert-OH is 1. The van der Waals surface area contributed by atoms with Gasteiger partial charge in [0.25, 0.3) is 0 Å². The van der Waals surface area contributed by atoms with Crippen LogP contribution in [0, 0.1) is 28.6 Å². The van der Waals surface area contributed by atoms with E-state index < -0.39 is 34.0 Å². The van der Waals surface area contributed by atoms with Crippen LogP contribution < -0.4 is 0 Å². The Bertz CT molecular complexity index is 887. The SMILES string of the molecule is C=C1C=C[C@@]2(C)C(=C1)CC[C@H]1[C@@H]3C[C@H](C)[C@@]4(OCOC45COCO5)[C@@]3(C)C[C@H](O)[C@@]12F. The van der Waals surface area contributed by atoms with Gasteiger partial charge >= 0.3 is 0 Å². The molecule has 6 rings (SSSR count). The van der Waals surface area contributed by atoms with Crippen molar-refractivity contribution in [2.45, 2.75) is 69.6 Å². The Morgan fingerprint density at radius 3 is 2.68 bits per heavy atom. The van der Waals surface area contributed by atoms with E-state index in [0.29, 0.717) is 19.4 Å². The molecule has 0 bridgehead atoms. The van der Waals surface area contributed by atoms with E-state index in [-0.39, 0.29) is 31.3 Å². The highest BCUT2D eigenvalue weighted by atomic mass is 19.1. The van der Waals surface area contributed by atoms with Gasteiger partial charge in [-0.3, -0.25) is 0 Å². The summed E-state index contributed by atoms with van der Waals surface area (Å²) in [4.78, 5) is 0. The van der Waals surface area contributed by atoms with Crippen molar-refractivity contribution in [1.82, 2.24) is 0 Å². The summed E-state index contributed by atoms with van der Waals surface area (Å²) in [7, 11) is 0. The normalized spacial score (nSPS) is 57.8. The van der Waals surface area contributed by atoms with E-state index >= 15 is 4.39 Å². The van der Waals surface area contributed by atoms with E-state index in [1.54, 1.807) is 0 Å². The molecule has 1 unspecified atom stereocenters. The molecule has 0 aromatic heterocycles. The molecule has 4 aliphatic carbocycles. The lowest BCUT2D eigenvalue weighted by atomic mass is 9.44. The van der Waals surface area contributed by atoms with Crippen molar-refractivity contribution in [3.05, 3.63) is 36.0 Å². The molecule has 0 aromatic rings. The topological polar surface area (TPSA) is 57.2 Å². The van der Waals surface area contributed by atoms with Gasteiger partial charge in [-0.1, -0.05) is 44.2 Å². The maximum absolute atomic E-state index is 17.3. The molecule has 170 valence electrons. The van der Waals surface area contributed by atoms with E-state index in [0.717, 1.165) is 24.0 Å². The minimum absolute atomic E-state index is 0.0515. The predicted octanol–water partition coefficient (Wildman–Crippen LogP) is 4.03. The van der Waals surface area contributed by atoms with Gasteiger partial charge in [-0.25, -0.2) is 4.39 Å². The molecule has 2 saturated heterocycles. The zero-order valence-electron chi connectivity index (χ0n) is 18.7. The van der Waals surface area contributed by atoms with Crippen LogP contribution in [0.1, 0.15) is 46.5 Å². The minimum Gasteiger partial charge on any atom is -0.390 e. The maximum atomic E-state index is 17.3. The van der Waals surface area contributed by atoms with Crippen LogP contribution in [0.25, 0.3) is 0 Å². The third-order valence-electron chi connectivity index (χ3n) is 10.1. The Labute approximate surface area is 183 Å². The van der Waals surface area contributed by atoms with Gasteiger partial charge in [-0.2, -0.15) is 0 Å². The second-order valence-electron chi connectivity index (χ2n) is 11.1. The van der Waals surface area contributed by atoms with E-state index in [9.17, 15) is 5.11 Å². The van der Waals surface area contributed by atoms with Crippen LogP contribution in [0.3, 0.4) is 0 Å². The molecule has 0 radical (unpaired) electrons. The molecule has 2 spiro atoms. The van der Waals surface area contributed by atoms with Crippen molar-refractivity contribution in [2.75, 3.05) is 20.2 Å². The Morgan fingerprint density at radius 2 is 1.94 bits per heavy atom. The average molecular weight is 433 g/mol. The van der Waals surface area contributed by atoms with Crippen LogP contribution in [-0.4, -0.2) is 48.5 Å². The molecular formula is C25H33FO5. The Morgan fingerprint density at radius 1 is 1.16 bits per heavy atom. The standard InChI is InChI=1S/C25H33FO5/c1-15-7-8-21(3)17(9-15)5-6-18-19-10-16(2)25(22(19,4)11-20(27)24(18,21)26)23(30-14-31-25)12-28-13-29-23/h7-9,16,18-20,27H,1,5-6,10-14H2,2-4H3/t16-,18-,19-,20-,21-,22-,23?,24-,25+/m0/s1. The number of hydrogen-bond donors (Lipinski definition) is 1. The zero-order chi connectivity index (χ0) is 21.9. The Kier molecular flexibility index (Phi) is 4.04. The van der Waals surface area contributed by atoms with Gasteiger partial charge in [0.1, 0.15) is 12.2 Å². The number of aliphatic hydroxyl groups is 1. The van der Waals surface area contributed by atoms with Crippen LogP contribution in [0.4, 0.5) is 4.39 Å². The second-order valence-corrected chi connectivity index (χ2v) is 11.1. The van der Waals surface area contributed by atoms with E-state index in [2.05, 4.69) is 20.4 Å². The van der Waals surface area contributed by atoms with Gasteiger partial charge in [-0.15, -0.1) is 0 Å². The molecule has 3 saturated carbocycles. The van der Waals surface area contributed by atoms with Crippen LogP contribution in [0.2, 0.25) is 0 Å². The lowest BCUT2D eigenvalue weighted by molar-refractivity contribution is -0.277. The molecule has 1 N–H and O–H groups in total. The number of ether oxygens (including phenoxy) is 4. The molecular weight excluding hydrogens is 399 g/mol. The summed E-state index contributed by atoms with van der Waals surface area (Å²) in [5.41, 5.74) is -1.87. The molecule has 2 aliphatic heterocycles. The van der Waals surface area contributed by atoms with Gasteiger partial charge in [0, 0.05) is 16.7 Å². The molecule has 0 aromatic carbocycles. The van der Waals surface area contributed by atoms with Crippen LogP contribution in [-0.2, 0) is 18.9 Å². The molecule has 5 nitrogen and oxygen atoms in total. The Hall–Kier alpha value is -1.05. The first-order chi connectivity index (χ1) is 14.6. The fraction of sp³-hybridized carbons (Fsp3) is 0.760. The summed E-state index contributed by atoms with van der Waals surface area (Å²) in [5.74, 6) is -1.12. The fourth-order valence-electron chi connectivity index (χ4n) is 8.81. The first kappa shape index (κ1) is 20.5. The quantitative estimate of drug-likeness (QED) is 0.626. The van der Waals surface area contributed by atoms with E-state index in [1.165, 1.54) is 0 Å². The number of halogens is 1. The average Bonchev–Trinajstić information content (AvgIpc) is 3.40. The lowest BCUT2D eigenvalue weighted by Gasteiger charge is -2.63. The number of fused-ring (bicyclic) bond motifs is 7. The first-order valence-corrected chi connectivity index (χ1v) is 11.6. The minimum atomic E-state index is -1.73. The molecule has 31 heavy (non-hydrogen) atoms.